The number of methoxy groups -OCH3 is 2. The van der Waals surface area contributed by atoms with Crippen molar-refractivity contribution in [3.05, 3.63) is 29.8 Å². The van der Waals surface area contributed by atoms with Crippen molar-refractivity contribution >= 4 is 11.8 Å². The lowest BCUT2D eigenvalue weighted by Crippen LogP contribution is -2.61. The summed E-state index contributed by atoms with van der Waals surface area (Å²) in [6.45, 7) is 2.58. The third-order valence-electron chi connectivity index (χ3n) is 5.85. The normalized spacial score (nSPS) is 22.5. The first-order chi connectivity index (χ1) is 13.1. The van der Waals surface area contributed by atoms with Gasteiger partial charge < -0.3 is 19.3 Å². The van der Waals surface area contributed by atoms with Crippen molar-refractivity contribution in [2.24, 2.45) is 0 Å². The van der Waals surface area contributed by atoms with Gasteiger partial charge in [-0.15, -0.1) is 0 Å². The number of ether oxygens (including phenoxy) is 2. The van der Waals surface area contributed by atoms with Gasteiger partial charge in [0, 0.05) is 33.2 Å². The van der Waals surface area contributed by atoms with Crippen LogP contribution in [0, 0.1) is 0 Å². The van der Waals surface area contributed by atoms with Gasteiger partial charge in [0.15, 0.2) is 0 Å². The molecule has 0 saturated carbocycles. The number of piperidine rings is 1. The Kier molecular flexibility index (Phi) is 6.37. The SMILES string of the molecule is COCCN1CCCC2(CCCN2C(=O)CCc2ccc(OC)cc2)C1=O. The molecule has 1 aromatic carbocycles. The van der Waals surface area contributed by atoms with E-state index < -0.39 is 5.54 Å². The van der Waals surface area contributed by atoms with Crippen LogP contribution in [0.5, 0.6) is 5.75 Å². The molecule has 2 fully saturated rings. The Balaban J connectivity index is 1.65. The first-order valence-corrected chi connectivity index (χ1v) is 9.82. The zero-order chi connectivity index (χ0) is 19.3. The average Bonchev–Trinajstić information content (AvgIpc) is 3.12. The lowest BCUT2D eigenvalue weighted by atomic mass is 9.85. The van der Waals surface area contributed by atoms with Gasteiger partial charge in [0.1, 0.15) is 11.3 Å². The Hall–Kier alpha value is -2.08. The van der Waals surface area contributed by atoms with E-state index in [1.54, 1.807) is 14.2 Å². The number of aryl methyl sites for hydroxylation is 1. The summed E-state index contributed by atoms with van der Waals surface area (Å²) in [5.41, 5.74) is 0.484. The van der Waals surface area contributed by atoms with Gasteiger partial charge in [0.25, 0.3) is 0 Å². The fourth-order valence-electron chi connectivity index (χ4n) is 4.38. The van der Waals surface area contributed by atoms with Crippen molar-refractivity contribution in [1.29, 1.82) is 0 Å². The zero-order valence-corrected chi connectivity index (χ0v) is 16.4. The summed E-state index contributed by atoms with van der Waals surface area (Å²) in [5.74, 6) is 1.01. The summed E-state index contributed by atoms with van der Waals surface area (Å²) in [7, 11) is 3.29. The minimum absolute atomic E-state index is 0.0882. The van der Waals surface area contributed by atoms with E-state index in [0.29, 0.717) is 32.5 Å². The fraction of sp³-hybridized carbons (Fsp3) is 0.619. The van der Waals surface area contributed by atoms with Crippen molar-refractivity contribution in [3.63, 3.8) is 0 Å². The molecule has 0 aromatic heterocycles. The molecule has 0 N–H and O–H groups in total. The molecule has 0 bridgehead atoms. The molecule has 27 heavy (non-hydrogen) atoms. The van der Waals surface area contributed by atoms with E-state index >= 15 is 0 Å². The van der Waals surface area contributed by atoms with Gasteiger partial charge >= 0.3 is 0 Å². The van der Waals surface area contributed by atoms with E-state index in [1.807, 2.05) is 34.1 Å². The minimum atomic E-state index is -0.622. The van der Waals surface area contributed by atoms with Gasteiger partial charge in [0.2, 0.25) is 11.8 Å². The number of amides is 2. The van der Waals surface area contributed by atoms with Gasteiger partial charge in [-0.1, -0.05) is 12.1 Å². The van der Waals surface area contributed by atoms with E-state index in [0.717, 1.165) is 43.5 Å². The maximum absolute atomic E-state index is 13.2. The van der Waals surface area contributed by atoms with E-state index in [9.17, 15) is 9.59 Å². The molecule has 0 radical (unpaired) electrons. The monoisotopic (exact) mass is 374 g/mol. The van der Waals surface area contributed by atoms with Crippen LogP contribution in [0.2, 0.25) is 0 Å². The van der Waals surface area contributed by atoms with Crippen LogP contribution in [0.15, 0.2) is 24.3 Å². The van der Waals surface area contributed by atoms with Crippen LogP contribution < -0.4 is 4.74 Å². The Labute approximate surface area is 161 Å². The molecule has 2 aliphatic heterocycles. The predicted octanol–water partition coefficient (Wildman–Crippen LogP) is 2.26. The zero-order valence-electron chi connectivity index (χ0n) is 16.4. The summed E-state index contributed by atoms with van der Waals surface area (Å²) < 4.78 is 10.3. The number of carbonyl (C=O) groups excluding carboxylic acids is 2. The molecule has 6 nitrogen and oxygen atoms in total. The molecule has 6 heteroatoms. The third-order valence-corrected chi connectivity index (χ3v) is 5.85. The van der Waals surface area contributed by atoms with Gasteiger partial charge in [0.05, 0.1) is 13.7 Å². The molecule has 0 aliphatic carbocycles. The molecule has 2 aliphatic rings. The smallest absolute Gasteiger partial charge is 0.248 e. The molecule has 1 unspecified atom stereocenters. The molecular formula is C21H30N2O4. The maximum atomic E-state index is 13.2. The van der Waals surface area contributed by atoms with Crippen molar-refractivity contribution in [1.82, 2.24) is 9.80 Å². The summed E-state index contributed by atoms with van der Waals surface area (Å²) in [6.07, 6.45) is 4.51. The Bertz CT molecular complexity index is 661. The summed E-state index contributed by atoms with van der Waals surface area (Å²) in [5, 5.41) is 0. The Morgan fingerprint density at radius 3 is 2.48 bits per heavy atom. The molecule has 3 rings (SSSR count). The van der Waals surface area contributed by atoms with Crippen molar-refractivity contribution < 1.29 is 19.1 Å². The van der Waals surface area contributed by atoms with E-state index in [2.05, 4.69) is 0 Å². The number of carbonyl (C=O) groups is 2. The summed E-state index contributed by atoms with van der Waals surface area (Å²) >= 11 is 0. The maximum Gasteiger partial charge on any atom is 0.248 e. The van der Waals surface area contributed by atoms with Crippen molar-refractivity contribution in [2.45, 2.75) is 44.1 Å². The molecular weight excluding hydrogens is 344 g/mol. The van der Waals surface area contributed by atoms with Crippen LogP contribution in [0.3, 0.4) is 0 Å². The molecule has 2 heterocycles. The average molecular weight is 374 g/mol. The highest BCUT2D eigenvalue weighted by Gasteiger charge is 2.52. The number of nitrogens with zero attached hydrogens (tertiary/aromatic N) is 2. The number of rotatable bonds is 7. The number of likely N-dealkylation sites (tertiary alicyclic amines) is 2. The van der Waals surface area contributed by atoms with Gasteiger partial charge in [-0.25, -0.2) is 0 Å². The lowest BCUT2D eigenvalue weighted by Gasteiger charge is -2.44. The lowest BCUT2D eigenvalue weighted by molar-refractivity contribution is -0.155. The topological polar surface area (TPSA) is 59.1 Å². The second kappa shape index (κ2) is 8.74. The van der Waals surface area contributed by atoms with Crippen LogP contribution in [-0.4, -0.2) is 67.6 Å². The second-order valence-corrected chi connectivity index (χ2v) is 7.42. The van der Waals surface area contributed by atoms with E-state index in [4.69, 9.17) is 9.47 Å². The molecule has 1 spiro atoms. The largest absolute Gasteiger partial charge is 0.497 e. The first kappa shape index (κ1) is 19.7. The van der Waals surface area contributed by atoms with Crippen LogP contribution in [0.25, 0.3) is 0 Å². The first-order valence-electron chi connectivity index (χ1n) is 9.82. The highest BCUT2D eigenvalue weighted by molar-refractivity contribution is 5.92. The van der Waals surface area contributed by atoms with Crippen LogP contribution >= 0.6 is 0 Å². The summed E-state index contributed by atoms with van der Waals surface area (Å²) in [4.78, 5) is 29.9. The summed E-state index contributed by atoms with van der Waals surface area (Å²) in [6, 6.07) is 7.80. The van der Waals surface area contributed by atoms with Gasteiger partial charge in [-0.05, 0) is 49.8 Å². The fourth-order valence-corrected chi connectivity index (χ4v) is 4.38. The van der Waals surface area contributed by atoms with Gasteiger partial charge in [-0.3, -0.25) is 9.59 Å². The standard InChI is InChI=1S/C21H30N2O4/c1-26-16-15-22-13-3-11-21(20(22)25)12-4-14-23(21)19(24)10-7-17-5-8-18(27-2)9-6-17/h5-6,8-9H,3-4,7,10-16H2,1-2H3. The number of hydrogen-bond acceptors (Lipinski definition) is 4. The van der Waals surface area contributed by atoms with E-state index in [-0.39, 0.29) is 11.8 Å². The molecule has 1 aromatic rings. The van der Waals surface area contributed by atoms with Crippen LogP contribution in [-0.2, 0) is 20.7 Å². The Morgan fingerprint density at radius 1 is 1.11 bits per heavy atom. The predicted molar refractivity (Wildman–Crippen MR) is 103 cm³/mol. The third kappa shape index (κ3) is 4.10. The van der Waals surface area contributed by atoms with Crippen LogP contribution in [0.4, 0.5) is 0 Å². The molecule has 148 valence electrons. The van der Waals surface area contributed by atoms with Crippen molar-refractivity contribution in [3.8, 4) is 5.75 Å². The number of benzene rings is 1. The highest BCUT2D eigenvalue weighted by Crippen LogP contribution is 2.38. The van der Waals surface area contributed by atoms with Crippen LogP contribution in [0.1, 0.15) is 37.7 Å². The minimum Gasteiger partial charge on any atom is -0.497 e. The number of hydrogen-bond donors (Lipinski definition) is 0. The molecule has 1 atom stereocenters. The Morgan fingerprint density at radius 2 is 1.81 bits per heavy atom. The van der Waals surface area contributed by atoms with Gasteiger partial charge in [-0.2, -0.15) is 0 Å². The van der Waals surface area contributed by atoms with Crippen molar-refractivity contribution in [2.75, 3.05) is 40.5 Å². The second-order valence-electron chi connectivity index (χ2n) is 7.42. The van der Waals surface area contributed by atoms with E-state index in [1.165, 1.54) is 0 Å². The molecule has 2 amide bonds. The quantitative estimate of drug-likeness (QED) is 0.735. The molecule has 2 saturated heterocycles. The highest BCUT2D eigenvalue weighted by atomic mass is 16.5.